The number of benzene rings is 1. The van der Waals surface area contributed by atoms with Crippen LogP contribution in [0.2, 0.25) is 0 Å². The van der Waals surface area contributed by atoms with Crippen LogP contribution in [0.3, 0.4) is 0 Å². The van der Waals surface area contributed by atoms with Crippen LogP contribution in [0.1, 0.15) is 30.7 Å². The summed E-state index contributed by atoms with van der Waals surface area (Å²) in [5.74, 6) is 2.42. The van der Waals surface area contributed by atoms with E-state index in [1.54, 1.807) is 14.2 Å². The lowest BCUT2D eigenvalue weighted by Crippen LogP contribution is -2.01. The minimum Gasteiger partial charge on any atom is -0.497 e. The molecular weight excluding hydrogens is 280 g/mol. The minimum absolute atomic E-state index is 0.360. The molecule has 1 aromatic carbocycles. The van der Waals surface area contributed by atoms with E-state index in [0.29, 0.717) is 16.2 Å². The van der Waals surface area contributed by atoms with Crippen molar-refractivity contribution in [1.82, 2.24) is 0 Å². The van der Waals surface area contributed by atoms with Gasteiger partial charge in [0, 0.05) is 16.5 Å². The second-order valence-electron chi connectivity index (χ2n) is 5.31. The summed E-state index contributed by atoms with van der Waals surface area (Å²) < 4.78 is 10.7. The van der Waals surface area contributed by atoms with Crippen molar-refractivity contribution in [3.63, 3.8) is 0 Å². The number of methoxy groups -OCH3 is 2. The van der Waals surface area contributed by atoms with E-state index < -0.39 is 0 Å². The standard InChI is InChI=1S/C14H19BrO2/c1-14(2)8-11(14)13(15)10-6-5-9(16-3)7-12(10)17-4/h5-7,11,13H,8H2,1-4H3. The third-order valence-corrected chi connectivity index (χ3v) is 4.81. The average molecular weight is 299 g/mol. The molecule has 0 aromatic heterocycles. The molecule has 2 nitrogen and oxygen atoms in total. The van der Waals surface area contributed by atoms with Crippen molar-refractivity contribution >= 4 is 15.9 Å². The fourth-order valence-electron chi connectivity index (χ4n) is 2.27. The normalized spacial score (nSPS) is 23.0. The summed E-state index contributed by atoms with van der Waals surface area (Å²) in [5.41, 5.74) is 1.66. The molecule has 0 N–H and O–H groups in total. The molecule has 2 atom stereocenters. The summed E-state index contributed by atoms with van der Waals surface area (Å²) in [6.45, 7) is 4.61. The van der Waals surface area contributed by atoms with Crippen LogP contribution in [-0.4, -0.2) is 14.2 Å². The molecule has 94 valence electrons. The van der Waals surface area contributed by atoms with Crippen molar-refractivity contribution in [1.29, 1.82) is 0 Å². The van der Waals surface area contributed by atoms with Crippen molar-refractivity contribution in [2.75, 3.05) is 14.2 Å². The van der Waals surface area contributed by atoms with Gasteiger partial charge >= 0.3 is 0 Å². The Morgan fingerprint density at radius 3 is 2.41 bits per heavy atom. The zero-order chi connectivity index (χ0) is 12.6. The molecule has 1 aromatic rings. The molecule has 1 aliphatic rings. The number of hydrogen-bond acceptors (Lipinski definition) is 2. The zero-order valence-electron chi connectivity index (χ0n) is 10.8. The molecule has 1 saturated carbocycles. The number of hydrogen-bond donors (Lipinski definition) is 0. The molecule has 0 amide bonds. The van der Waals surface area contributed by atoms with Crippen molar-refractivity contribution in [2.24, 2.45) is 11.3 Å². The number of rotatable bonds is 4. The summed E-state index contributed by atoms with van der Waals surface area (Å²) in [6, 6.07) is 6.02. The van der Waals surface area contributed by atoms with Crippen molar-refractivity contribution in [2.45, 2.75) is 25.1 Å². The lowest BCUT2D eigenvalue weighted by molar-refractivity contribution is 0.389. The number of halogens is 1. The average Bonchev–Trinajstić information content (AvgIpc) is 2.96. The third-order valence-electron chi connectivity index (χ3n) is 3.68. The minimum atomic E-state index is 0.360. The van der Waals surface area contributed by atoms with E-state index in [0.717, 1.165) is 11.5 Å². The molecule has 2 unspecified atom stereocenters. The Labute approximate surface area is 111 Å². The van der Waals surface area contributed by atoms with Gasteiger partial charge in [0.1, 0.15) is 11.5 Å². The van der Waals surface area contributed by atoms with Gasteiger partial charge < -0.3 is 9.47 Å². The monoisotopic (exact) mass is 298 g/mol. The maximum atomic E-state index is 5.45. The van der Waals surface area contributed by atoms with Crippen LogP contribution in [0, 0.1) is 11.3 Å². The molecule has 2 rings (SSSR count). The molecule has 0 bridgehead atoms. The van der Waals surface area contributed by atoms with Crippen LogP contribution >= 0.6 is 15.9 Å². The van der Waals surface area contributed by atoms with Crippen LogP contribution in [0.25, 0.3) is 0 Å². The second-order valence-corrected chi connectivity index (χ2v) is 6.30. The maximum absolute atomic E-state index is 5.45. The Kier molecular flexibility index (Phi) is 3.39. The van der Waals surface area contributed by atoms with Gasteiger partial charge in [-0.3, -0.25) is 0 Å². The predicted molar refractivity (Wildman–Crippen MR) is 73.1 cm³/mol. The van der Waals surface area contributed by atoms with E-state index in [4.69, 9.17) is 9.47 Å². The molecule has 1 aliphatic carbocycles. The molecule has 3 heteroatoms. The molecule has 17 heavy (non-hydrogen) atoms. The second kappa shape index (κ2) is 4.52. The van der Waals surface area contributed by atoms with Crippen LogP contribution in [0.15, 0.2) is 18.2 Å². The lowest BCUT2D eigenvalue weighted by atomic mass is 10.0. The zero-order valence-corrected chi connectivity index (χ0v) is 12.4. The number of alkyl halides is 1. The van der Waals surface area contributed by atoms with Gasteiger partial charge in [-0.05, 0) is 23.8 Å². The van der Waals surface area contributed by atoms with E-state index in [1.807, 2.05) is 12.1 Å². The maximum Gasteiger partial charge on any atom is 0.126 e. The smallest absolute Gasteiger partial charge is 0.126 e. The first kappa shape index (κ1) is 12.7. The lowest BCUT2D eigenvalue weighted by Gasteiger charge is -2.16. The summed E-state index contributed by atoms with van der Waals surface area (Å²) in [6.07, 6.45) is 1.26. The van der Waals surface area contributed by atoms with Gasteiger partial charge in [0.2, 0.25) is 0 Å². The van der Waals surface area contributed by atoms with Crippen molar-refractivity contribution in [3.8, 4) is 11.5 Å². The molecule has 0 radical (unpaired) electrons. The van der Waals surface area contributed by atoms with Crippen LogP contribution in [-0.2, 0) is 0 Å². The Hall–Kier alpha value is -0.700. The first-order valence-electron chi connectivity index (χ1n) is 5.85. The summed E-state index contributed by atoms with van der Waals surface area (Å²) >= 11 is 3.81. The van der Waals surface area contributed by atoms with E-state index >= 15 is 0 Å². The Morgan fingerprint density at radius 1 is 1.29 bits per heavy atom. The van der Waals surface area contributed by atoms with Gasteiger partial charge in [0.05, 0.1) is 14.2 Å². The largest absolute Gasteiger partial charge is 0.497 e. The van der Waals surface area contributed by atoms with Gasteiger partial charge in [0.25, 0.3) is 0 Å². The van der Waals surface area contributed by atoms with Crippen LogP contribution in [0.5, 0.6) is 11.5 Å². The molecule has 1 fully saturated rings. The summed E-state index contributed by atoms with van der Waals surface area (Å²) in [7, 11) is 3.38. The first-order chi connectivity index (χ1) is 7.99. The topological polar surface area (TPSA) is 18.5 Å². The predicted octanol–water partition coefficient (Wildman–Crippen LogP) is 4.19. The SMILES string of the molecule is COc1ccc(C(Br)C2CC2(C)C)c(OC)c1. The van der Waals surface area contributed by atoms with Gasteiger partial charge in [-0.25, -0.2) is 0 Å². The van der Waals surface area contributed by atoms with Gasteiger partial charge in [-0.1, -0.05) is 35.8 Å². The number of ether oxygens (including phenoxy) is 2. The molecular formula is C14H19BrO2. The first-order valence-corrected chi connectivity index (χ1v) is 6.77. The van der Waals surface area contributed by atoms with E-state index in [9.17, 15) is 0 Å². The Morgan fingerprint density at radius 2 is 1.94 bits per heavy atom. The molecule has 0 aliphatic heterocycles. The molecule has 0 heterocycles. The van der Waals surface area contributed by atoms with Gasteiger partial charge in [-0.15, -0.1) is 0 Å². The van der Waals surface area contributed by atoms with Crippen molar-refractivity contribution < 1.29 is 9.47 Å². The highest BCUT2D eigenvalue weighted by Gasteiger charge is 2.50. The quantitative estimate of drug-likeness (QED) is 0.776. The summed E-state index contributed by atoms with van der Waals surface area (Å²) in [5, 5.41) is 0. The fraction of sp³-hybridized carbons (Fsp3) is 0.571. The highest BCUT2D eigenvalue weighted by Crippen LogP contribution is 2.61. The van der Waals surface area contributed by atoms with Gasteiger partial charge in [-0.2, -0.15) is 0 Å². The molecule has 0 saturated heterocycles. The Bertz CT molecular complexity index is 415. The highest BCUT2D eigenvalue weighted by atomic mass is 79.9. The van der Waals surface area contributed by atoms with Crippen LogP contribution in [0.4, 0.5) is 0 Å². The van der Waals surface area contributed by atoms with Crippen LogP contribution < -0.4 is 9.47 Å². The fourth-order valence-corrected chi connectivity index (χ4v) is 3.55. The van der Waals surface area contributed by atoms with E-state index in [-0.39, 0.29) is 0 Å². The third kappa shape index (κ3) is 2.44. The van der Waals surface area contributed by atoms with E-state index in [1.165, 1.54) is 12.0 Å². The Balaban J connectivity index is 2.26. The van der Waals surface area contributed by atoms with E-state index in [2.05, 4.69) is 35.8 Å². The van der Waals surface area contributed by atoms with Gasteiger partial charge in [0.15, 0.2) is 0 Å². The highest BCUT2D eigenvalue weighted by molar-refractivity contribution is 9.09. The molecule has 0 spiro atoms. The van der Waals surface area contributed by atoms with Crippen molar-refractivity contribution in [3.05, 3.63) is 23.8 Å². The summed E-state index contributed by atoms with van der Waals surface area (Å²) in [4.78, 5) is 0.360.